The quantitative estimate of drug-likeness (QED) is 0.734. The van der Waals surface area contributed by atoms with E-state index in [1.165, 1.54) is 24.3 Å². The van der Waals surface area contributed by atoms with Crippen molar-refractivity contribution in [3.8, 4) is 0 Å². The second-order valence-electron chi connectivity index (χ2n) is 6.20. The van der Waals surface area contributed by atoms with Gasteiger partial charge in [-0.25, -0.2) is 4.39 Å². The Morgan fingerprint density at radius 1 is 1.08 bits per heavy atom. The Kier molecular flexibility index (Phi) is 7.33. The van der Waals surface area contributed by atoms with Gasteiger partial charge in [-0.1, -0.05) is 49.4 Å². The zero-order valence-corrected chi connectivity index (χ0v) is 15.1. The van der Waals surface area contributed by atoms with Crippen molar-refractivity contribution in [2.24, 2.45) is 0 Å². The summed E-state index contributed by atoms with van der Waals surface area (Å²) in [4.78, 5) is 24.1. The molecule has 1 N–H and O–H groups in total. The Morgan fingerprint density at radius 3 is 2.35 bits per heavy atom. The maximum Gasteiger partial charge on any atom is 0.311 e. The van der Waals surface area contributed by atoms with Gasteiger partial charge in [-0.2, -0.15) is 0 Å². The molecule has 2 atom stereocenters. The molecule has 0 aliphatic heterocycles. The second-order valence-corrected chi connectivity index (χ2v) is 6.20. The van der Waals surface area contributed by atoms with Gasteiger partial charge in [0, 0.05) is 12.5 Å². The largest absolute Gasteiger partial charge is 0.452 e. The third kappa shape index (κ3) is 5.99. The van der Waals surface area contributed by atoms with Crippen molar-refractivity contribution < 1.29 is 18.7 Å². The van der Waals surface area contributed by atoms with E-state index in [4.69, 9.17) is 4.74 Å². The molecular formula is C21H24FNO3. The first-order chi connectivity index (χ1) is 12.5. The normalized spacial score (nSPS) is 12.9. The lowest BCUT2D eigenvalue weighted by Crippen LogP contribution is -2.38. The number of nitrogens with one attached hydrogen (secondary N) is 1. The van der Waals surface area contributed by atoms with E-state index in [-0.39, 0.29) is 24.1 Å². The van der Waals surface area contributed by atoms with E-state index in [2.05, 4.69) is 12.2 Å². The van der Waals surface area contributed by atoms with Gasteiger partial charge in [-0.05, 0) is 36.6 Å². The Labute approximate surface area is 153 Å². The third-order valence-corrected chi connectivity index (χ3v) is 4.23. The molecule has 0 unspecified atom stereocenters. The average molecular weight is 357 g/mol. The van der Waals surface area contributed by atoms with E-state index in [1.807, 2.05) is 30.3 Å². The van der Waals surface area contributed by atoms with Crippen molar-refractivity contribution in [3.63, 3.8) is 0 Å². The average Bonchev–Trinajstić information content (AvgIpc) is 2.64. The van der Waals surface area contributed by atoms with Crippen LogP contribution in [-0.2, 0) is 20.7 Å². The fourth-order valence-electron chi connectivity index (χ4n) is 2.65. The van der Waals surface area contributed by atoms with E-state index in [1.54, 1.807) is 6.92 Å². The van der Waals surface area contributed by atoms with Crippen molar-refractivity contribution in [1.29, 1.82) is 0 Å². The predicted octanol–water partition coefficient (Wildman–Crippen LogP) is 3.61. The van der Waals surface area contributed by atoms with Gasteiger partial charge >= 0.3 is 5.97 Å². The van der Waals surface area contributed by atoms with Crippen molar-refractivity contribution in [1.82, 2.24) is 5.32 Å². The topological polar surface area (TPSA) is 55.4 Å². The maximum atomic E-state index is 12.9. The lowest BCUT2D eigenvalue weighted by molar-refractivity contribution is -0.154. The van der Waals surface area contributed by atoms with E-state index in [0.29, 0.717) is 12.1 Å². The highest BCUT2D eigenvalue weighted by atomic mass is 19.1. The molecule has 2 aromatic carbocycles. The van der Waals surface area contributed by atoms with Crippen LogP contribution in [-0.4, -0.2) is 24.5 Å². The highest BCUT2D eigenvalue weighted by Crippen LogP contribution is 2.18. The molecular weight excluding hydrogens is 333 g/mol. The zero-order valence-electron chi connectivity index (χ0n) is 15.1. The molecule has 138 valence electrons. The number of hydrogen-bond acceptors (Lipinski definition) is 3. The lowest BCUT2D eigenvalue weighted by atomic mass is 9.96. The second kappa shape index (κ2) is 9.70. The van der Waals surface area contributed by atoms with Crippen molar-refractivity contribution in [2.75, 3.05) is 6.54 Å². The molecule has 0 spiro atoms. The van der Waals surface area contributed by atoms with Crippen LogP contribution in [0.1, 0.15) is 37.3 Å². The van der Waals surface area contributed by atoms with Crippen LogP contribution in [0.15, 0.2) is 54.6 Å². The van der Waals surface area contributed by atoms with Crippen LogP contribution in [0.3, 0.4) is 0 Å². The molecule has 2 rings (SSSR count). The number of halogens is 1. The fourth-order valence-corrected chi connectivity index (χ4v) is 2.65. The summed E-state index contributed by atoms with van der Waals surface area (Å²) in [7, 11) is 0. The van der Waals surface area contributed by atoms with Crippen LogP contribution in [0, 0.1) is 5.82 Å². The van der Waals surface area contributed by atoms with Crippen LogP contribution < -0.4 is 5.32 Å². The molecule has 0 aromatic heterocycles. The van der Waals surface area contributed by atoms with Crippen LogP contribution in [0.25, 0.3) is 0 Å². The van der Waals surface area contributed by atoms with Crippen LogP contribution in [0.2, 0.25) is 0 Å². The van der Waals surface area contributed by atoms with Gasteiger partial charge in [-0.15, -0.1) is 0 Å². The van der Waals surface area contributed by atoms with Gasteiger partial charge in [0.15, 0.2) is 6.10 Å². The molecule has 26 heavy (non-hydrogen) atoms. The smallest absolute Gasteiger partial charge is 0.311 e. The number of amides is 1. The summed E-state index contributed by atoms with van der Waals surface area (Å²) in [6.07, 6.45) is 0.0129. The van der Waals surface area contributed by atoms with E-state index >= 15 is 0 Å². The molecule has 0 radical (unpaired) electrons. The van der Waals surface area contributed by atoms with E-state index in [0.717, 1.165) is 12.0 Å². The fraction of sp³-hybridized carbons (Fsp3) is 0.333. The monoisotopic (exact) mass is 357 g/mol. The van der Waals surface area contributed by atoms with E-state index < -0.39 is 12.1 Å². The number of benzene rings is 2. The molecule has 4 nitrogen and oxygen atoms in total. The molecule has 0 saturated carbocycles. The predicted molar refractivity (Wildman–Crippen MR) is 98.1 cm³/mol. The number of hydrogen-bond donors (Lipinski definition) is 1. The van der Waals surface area contributed by atoms with Crippen LogP contribution in [0.5, 0.6) is 0 Å². The summed E-state index contributed by atoms with van der Waals surface area (Å²) >= 11 is 0. The molecule has 2 aromatic rings. The lowest BCUT2D eigenvalue weighted by Gasteiger charge is -2.18. The zero-order chi connectivity index (χ0) is 18.9. The standard InChI is InChI=1S/C21H24FNO3/c1-3-17(18-7-5-4-6-8-18)14-23-21(25)15(2)26-20(24)13-16-9-11-19(22)12-10-16/h4-12,15,17H,3,13-14H2,1-2H3,(H,23,25)/t15-,17-/m1/s1. The van der Waals surface area contributed by atoms with Gasteiger partial charge in [0.1, 0.15) is 5.82 Å². The van der Waals surface area contributed by atoms with E-state index in [9.17, 15) is 14.0 Å². The van der Waals surface area contributed by atoms with Crippen LogP contribution >= 0.6 is 0 Å². The molecule has 0 saturated heterocycles. The molecule has 1 amide bonds. The first-order valence-corrected chi connectivity index (χ1v) is 8.76. The molecule has 5 heteroatoms. The number of carbonyl (C=O) groups excluding carboxylic acids is 2. The highest BCUT2D eigenvalue weighted by molar-refractivity contribution is 5.83. The Balaban J connectivity index is 1.81. The summed E-state index contributed by atoms with van der Waals surface area (Å²) in [5.74, 6) is -0.998. The highest BCUT2D eigenvalue weighted by Gasteiger charge is 2.19. The first-order valence-electron chi connectivity index (χ1n) is 8.76. The summed E-state index contributed by atoms with van der Waals surface area (Å²) in [6.45, 7) is 4.09. The Hall–Kier alpha value is -2.69. The van der Waals surface area contributed by atoms with Gasteiger partial charge in [0.25, 0.3) is 5.91 Å². The summed E-state index contributed by atoms with van der Waals surface area (Å²) < 4.78 is 18.0. The Morgan fingerprint density at radius 2 is 1.73 bits per heavy atom. The van der Waals surface area contributed by atoms with Gasteiger partial charge in [0.2, 0.25) is 0 Å². The molecule has 0 bridgehead atoms. The van der Waals surface area contributed by atoms with Crippen LogP contribution in [0.4, 0.5) is 4.39 Å². The molecule has 0 fully saturated rings. The van der Waals surface area contributed by atoms with Crippen molar-refractivity contribution >= 4 is 11.9 Å². The van der Waals surface area contributed by atoms with Gasteiger partial charge in [0.05, 0.1) is 6.42 Å². The number of ether oxygens (including phenoxy) is 1. The molecule has 0 heterocycles. The summed E-state index contributed by atoms with van der Waals surface area (Å²) in [6, 6.07) is 15.6. The number of esters is 1. The maximum absolute atomic E-state index is 12.9. The SMILES string of the molecule is CC[C@H](CNC(=O)[C@@H](C)OC(=O)Cc1ccc(F)cc1)c1ccccc1. The number of carbonyl (C=O) groups is 2. The van der Waals surface area contributed by atoms with Crippen molar-refractivity contribution in [3.05, 3.63) is 71.5 Å². The summed E-state index contributed by atoms with van der Waals surface area (Å²) in [5, 5.41) is 2.84. The number of rotatable bonds is 8. The minimum atomic E-state index is -0.878. The molecule has 0 aliphatic carbocycles. The first kappa shape index (κ1) is 19.6. The summed E-state index contributed by atoms with van der Waals surface area (Å²) in [5.41, 5.74) is 1.80. The third-order valence-electron chi connectivity index (χ3n) is 4.23. The van der Waals surface area contributed by atoms with Crippen molar-refractivity contribution in [2.45, 2.75) is 38.7 Å². The minimum absolute atomic E-state index is 0.000496. The Bertz CT molecular complexity index is 716. The molecule has 0 aliphatic rings. The van der Waals surface area contributed by atoms with Gasteiger partial charge < -0.3 is 10.1 Å². The minimum Gasteiger partial charge on any atom is -0.452 e. The van der Waals surface area contributed by atoms with Gasteiger partial charge in [-0.3, -0.25) is 9.59 Å².